The lowest BCUT2D eigenvalue weighted by Crippen LogP contribution is -2.39. The maximum atomic E-state index is 12.0. The van der Waals surface area contributed by atoms with Crippen LogP contribution in [-0.2, 0) is 9.59 Å². The van der Waals surface area contributed by atoms with Crippen LogP contribution in [0, 0.1) is 12.3 Å². The summed E-state index contributed by atoms with van der Waals surface area (Å²) in [5, 5.41) is 5.75. The van der Waals surface area contributed by atoms with Gasteiger partial charge in [0.1, 0.15) is 0 Å². The predicted molar refractivity (Wildman–Crippen MR) is 97.7 cm³/mol. The van der Waals surface area contributed by atoms with Crippen molar-refractivity contribution in [1.29, 1.82) is 0 Å². The van der Waals surface area contributed by atoms with Gasteiger partial charge in [0, 0.05) is 24.9 Å². The number of nitrogens with zero attached hydrogens (tertiary/aromatic N) is 1. The van der Waals surface area contributed by atoms with E-state index in [4.69, 9.17) is 0 Å². The van der Waals surface area contributed by atoms with E-state index in [0.29, 0.717) is 13.1 Å². The van der Waals surface area contributed by atoms with Crippen LogP contribution in [0.2, 0.25) is 0 Å². The van der Waals surface area contributed by atoms with Gasteiger partial charge in [0.15, 0.2) is 0 Å². The number of likely N-dealkylation sites (N-methyl/N-ethyl adjacent to an activating group) is 1. The number of hydrogen-bond acceptors (Lipinski definition) is 3. The Morgan fingerprint density at radius 3 is 2.17 bits per heavy atom. The second-order valence-electron chi connectivity index (χ2n) is 7.45. The lowest BCUT2D eigenvalue weighted by molar-refractivity contribution is -0.128. The Morgan fingerprint density at radius 1 is 1.08 bits per heavy atom. The number of benzene rings is 1. The largest absolute Gasteiger partial charge is 0.355 e. The highest BCUT2D eigenvalue weighted by Gasteiger charge is 2.21. The number of amides is 2. The molecule has 0 aliphatic rings. The molecule has 1 unspecified atom stereocenters. The van der Waals surface area contributed by atoms with Gasteiger partial charge in [-0.2, -0.15) is 0 Å². The van der Waals surface area contributed by atoms with Gasteiger partial charge in [-0.1, -0.05) is 50.6 Å². The molecule has 0 spiro atoms. The molecule has 0 heterocycles. The number of rotatable bonds is 7. The van der Waals surface area contributed by atoms with Gasteiger partial charge >= 0.3 is 0 Å². The molecule has 24 heavy (non-hydrogen) atoms. The summed E-state index contributed by atoms with van der Waals surface area (Å²) in [7, 11) is 4.00. The molecule has 0 radical (unpaired) electrons. The molecular formula is C19H31N3O2. The smallest absolute Gasteiger partial charge is 0.225 e. The van der Waals surface area contributed by atoms with E-state index >= 15 is 0 Å². The summed E-state index contributed by atoms with van der Waals surface area (Å²) in [5.74, 6) is -0.0932. The molecule has 0 aliphatic heterocycles. The monoisotopic (exact) mass is 333 g/mol. The summed E-state index contributed by atoms with van der Waals surface area (Å²) >= 11 is 0. The average molecular weight is 333 g/mol. The van der Waals surface area contributed by atoms with Crippen LogP contribution in [0.4, 0.5) is 0 Å². The first-order valence-electron chi connectivity index (χ1n) is 8.39. The van der Waals surface area contributed by atoms with Gasteiger partial charge in [-0.15, -0.1) is 0 Å². The number of hydrogen-bond donors (Lipinski definition) is 2. The first kappa shape index (κ1) is 20.2. The molecular weight excluding hydrogens is 302 g/mol. The lowest BCUT2D eigenvalue weighted by Gasteiger charge is -2.25. The van der Waals surface area contributed by atoms with Gasteiger partial charge in [-0.05, 0) is 26.6 Å². The zero-order valence-electron chi connectivity index (χ0n) is 15.8. The highest BCUT2D eigenvalue weighted by molar-refractivity contribution is 5.82. The molecule has 5 heteroatoms. The number of nitrogens with one attached hydrogen (secondary N) is 2. The van der Waals surface area contributed by atoms with E-state index in [9.17, 15) is 9.59 Å². The quantitative estimate of drug-likeness (QED) is 0.805. The third-order valence-corrected chi connectivity index (χ3v) is 3.90. The van der Waals surface area contributed by atoms with Crippen molar-refractivity contribution in [3.63, 3.8) is 0 Å². The third-order valence-electron chi connectivity index (χ3n) is 3.90. The van der Waals surface area contributed by atoms with E-state index in [0.717, 1.165) is 0 Å². The fourth-order valence-corrected chi connectivity index (χ4v) is 2.24. The molecule has 0 aromatic heterocycles. The van der Waals surface area contributed by atoms with Crippen molar-refractivity contribution in [1.82, 2.24) is 15.5 Å². The molecule has 1 aromatic carbocycles. The van der Waals surface area contributed by atoms with Crippen molar-refractivity contribution in [2.24, 2.45) is 5.41 Å². The minimum atomic E-state index is -0.433. The van der Waals surface area contributed by atoms with E-state index in [2.05, 4.69) is 46.7 Å². The van der Waals surface area contributed by atoms with Gasteiger partial charge in [0.05, 0.1) is 6.04 Å². The minimum Gasteiger partial charge on any atom is -0.355 e. The Bertz CT molecular complexity index is 545. The van der Waals surface area contributed by atoms with Crippen LogP contribution in [0.15, 0.2) is 24.3 Å². The Hall–Kier alpha value is -1.88. The molecule has 0 aliphatic carbocycles. The molecule has 134 valence electrons. The molecule has 0 bridgehead atoms. The van der Waals surface area contributed by atoms with Crippen LogP contribution in [0.1, 0.15) is 44.4 Å². The molecule has 1 rings (SSSR count). The normalized spacial score (nSPS) is 12.8. The average Bonchev–Trinajstić information content (AvgIpc) is 2.47. The highest BCUT2D eigenvalue weighted by Crippen LogP contribution is 2.18. The molecule has 1 atom stereocenters. The second-order valence-corrected chi connectivity index (χ2v) is 7.45. The molecule has 2 amide bonds. The molecule has 5 nitrogen and oxygen atoms in total. The van der Waals surface area contributed by atoms with Crippen molar-refractivity contribution in [2.45, 2.75) is 40.2 Å². The van der Waals surface area contributed by atoms with Crippen molar-refractivity contribution in [2.75, 3.05) is 27.2 Å². The van der Waals surface area contributed by atoms with Crippen LogP contribution < -0.4 is 10.6 Å². The molecule has 0 fully saturated rings. The van der Waals surface area contributed by atoms with Gasteiger partial charge in [-0.25, -0.2) is 0 Å². The third kappa shape index (κ3) is 6.71. The Labute approximate surface area is 145 Å². The van der Waals surface area contributed by atoms with E-state index in [1.165, 1.54) is 11.1 Å². The van der Waals surface area contributed by atoms with Crippen molar-refractivity contribution >= 4 is 11.8 Å². The van der Waals surface area contributed by atoms with Crippen LogP contribution in [-0.4, -0.2) is 43.9 Å². The summed E-state index contributed by atoms with van der Waals surface area (Å²) in [6.07, 6.45) is 0.288. The summed E-state index contributed by atoms with van der Waals surface area (Å²) in [6.45, 7) is 8.52. The zero-order chi connectivity index (χ0) is 18.3. The fraction of sp³-hybridized carbons (Fsp3) is 0.579. The highest BCUT2D eigenvalue weighted by atomic mass is 16.2. The first-order chi connectivity index (χ1) is 11.1. The van der Waals surface area contributed by atoms with Crippen molar-refractivity contribution in [3.8, 4) is 0 Å². The standard InChI is InChI=1S/C19H31N3O2/c1-14-7-9-15(10-8-14)16(22(5)6)13-21-17(23)11-12-20-18(24)19(2,3)4/h7-10,16H,11-13H2,1-6H3,(H,20,24)(H,21,23). The second kappa shape index (κ2) is 8.83. The molecule has 0 saturated carbocycles. The maximum absolute atomic E-state index is 12.0. The molecule has 1 aromatic rings. The minimum absolute atomic E-state index is 0.0406. The van der Waals surface area contributed by atoms with Gasteiger partial charge in [0.2, 0.25) is 11.8 Å². The van der Waals surface area contributed by atoms with Crippen LogP contribution >= 0.6 is 0 Å². The summed E-state index contributed by atoms with van der Waals surface area (Å²) in [5.41, 5.74) is 1.96. The van der Waals surface area contributed by atoms with E-state index in [-0.39, 0.29) is 24.3 Å². The lowest BCUT2D eigenvalue weighted by atomic mass is 9.96. The summed E-state index contributed by atoms with van der Waals surface area (Å²) in [4.78, 5) is 25.9. The topological polar surface area (TPSA) is 61.4 Å². The predicted octanol–water partition coefficient (Wildman–Crippen LogP) is 2.27. The number of carbonyl (C=O) groups excluding carboxylic acids is 2. The fourth-order valence-electron chi connectivity index (χ4n) is 2.24. The Balaban J connectivity index is 2.46. The summed E-state index contributed by atoms with van der Waals surface area (Å²) in [6, 6.07) is 8.47. The summed E-state index contributed by atoms with van der Waals surface area (Å²) < 4.78 is 0. The maximum Gasteiger partial charge on any atom is 0.225 e. The molecule has 0 saturated heterocycles. The van der Waals surface area contributed by atoms with Crippen molar-refractivity contribution < 1.29 is 9.59 Å². The van der Waals surface area contributed by atoms with Crippen LogP contribution in [0.25, 0.3) is 0 Å². The number of carbonyl (C=O) groups is 2. The van der Waals surface area contributed by atoms with Gasteiger partial charge in [-0.3, -0.25) is 9.59 Å². The molecule has 2 N–H and O–H groups in total. The Morgan fingerprint density at radius 2 is 1.67 bits per heavy atom. The van der Waals surface area contributed by atoms with Gasteiger partial charge < -0.3 is 15.5 Å². The van der Waals surface area contributed by atoms with E-state index in [1.54, 1.807) is 0 Å². The zero-order valence-corrected chi connectivity index (χ0v) is 15.8. The van der Waals surface area contributed by atoms with E-state index < -0.39 is 5.41 Å². The van der Waals surface area contributed by atoms with Crippen LogP contribution in [0.5, 0.6) is 0 Å². The SMILES string of the molecule is Cc1ccc(C(CNC(=O)CCNC(=O)C(C)(C)C)N(C)C)cc1. The van der Waals surface area contributed by atoms with Gasteiger partial charge in [0.25, 0.3) is 0 Å². The number of aryl methyl sites for hydroxylation is 1. The van der Waals surface area contributed by atoms with Crippen LogP contribution in [0.3, 0.4) is 0 Å². The Kier molecular flexibility index (Phi) is 7.42. The van der Waals surface area contributed by atoms with Crippen molar-refractivity contribution in [3.05, 3.63) is 35.4 Å². The first-order valence-corrected chi connectivity index (χ1v) is 8.39. The van der Waals surface area contributed by atoms with E-state index in [1.807, 2.05) is 34.9 Å².